The van der Waals surface area contributed by atoms with Gasteiger partial charge in [-0.25, -0.2) is 0 Å². The van der Waals surface area contributed by atoms with Gasteiger partial charge in [0, 0.05) is 18.8 Å². The topological polar surface area (TPSA) is 30.7 Å². The van der Waals surface area contributed by atoms with Crippen LogP contribution >= 0.6 is 0 Å². The Morgan fingerprint density at radius 3 is 2.42 bits per heavy atom. The molecular formula is C16H17N3. The normalized spacial score (nSPS) is 11.4. The van der Waals surface area contributed by atoms with Crippen LogP contribution in [0.1, 0.15) is 25.3 Å². The molecule has 0 atom stereocenters. The average molecular weight is 251 g/mol. The first-order chi connectivity index (χ1) is 9.13. The van der Waals surface area contributed by atoms with E-state index in [9.17, 15) is 0 Å². The van der Waals surface area contributed by atoms with Crippen LogP contribution in [0.15, 0.2) is 42.7 Å². The van der Waals surface area contributed by atoms with Gasteiger partial charge in [-0.2, -0.15) is 5.10 Å². The maximum Gasteiger partial charge on any atom is 0.111 e. The summed E-state index contributed by atoms with van der Waals surface area (Å²) in [6.45, 7) is 4.41. The van der Waals surface area contributed by atoms with E-state index in [1.165, 1.54) is 11.1 Å². The summed E-state index contributed by atoms with van der Waals surface area (Å²) in [5.74, 6) is 0.561. The minimum absolute atomic E-state index is 0.561. The van der Waals surface area contributed by atoms with Crippen LogP contribution in [0.4, 0.5) is 0 Å². The number of hydrogen-bond donors (Lipinski definition) is 0. The molecule has 0 radical (unpaired) electrons. The molecule has 19 heavy (non-hydrogen) atoms. The highest BCUT2D eigenvalue weighted by atomic mass is 15.2. The van der Waals surface area contributed by atoms with E-state index in [-0.39, 0.29) is 0 Å². The third-order valence-electron chi connectivity index (χ3n) is 3.38. The zero-order valence-electron chi connectivity index (χ0n) is 11.5. The van der Waals surface area contributed by atoms with Crippen LogP contribution in [0.25, 0.3) is 22.2 Å². The molecule has 0 spiro atoms. The molecule has 1 aromatic carbocycles. The quantitative estimate of drug-likeness (QED) is 0.694. The second-order valence-corrected chi connectivity index (χ2v) is 5.21. The number of benzene rings is 1. The standard InChI is InChI=1S/C16H17N3/c1-11(2)12-4-6-13(7-5-12)14-8-15-16(17-9-14)10-19(3)18-15/h4-11H,1-3H3. The molecule has 2 aromatic heterocycles. The van der Waals surface area contributed by atoms with Crippen molar-refractivity contribution in [2.24, 2.45) is 7.05 Å². The van der Waals surface area contributed by atoms with Crippen LogP contribution in [-0.2, 0) is 7.05 Å². The van der Waals surface area contributed by atoms with Crippen LogP contribution in [0.5, 0.6) is 0 Å². The van der Waals surface area contributed by atoms with Gasteiger partial charge in [0.15, 0.2) is 0 Å². The van der Waals surface area contributed by atoms with E-state index in [0.29, 0.717) is 5.92 Å². The number of aromatic nitrogens is 3. The first kappa shape index (κ1) is 11.9. The van der Waals surface area contributed by atoms with E-state index >= 15 is 0 Å². The second kappa shape index (κ2) is 4.50. The van der Waals surface area contributed by atoms with Crippen molar-refractivity contribution in [3.63, 3.8) is 0 Å². The highest BCUT2D eigenvalue weighted by Gasteiger charge is 2.05. The lowest BCUT2D eigenvalue weighted by Gasteiger charge is -2.06. The van der Waals surface area contributed by atoms with Gasteiger partial charge in [-0.1, -0.05) is 38.1 Å². The van der Waals surface area contributed by atoms with E-state index in [2.05, 4.69) is 54.3 Å². The Morgan fingerprint density at radius 2 is 1.74 bits per heavy atom. The molecule has 3 heteroatoms. The van der Waals surface area contributed by atoms with E-state index in [4.69, 9.17) is 0 Å². The van der Waals surface area contributed by atoms with E-state index < -0.39 is 0 Å². The maximum absolute atomic E-state index is 4.45. The van der Waals surface area contributed by atoms with Crippen LogP contribution in [-0.4, -0.2) is 14.8 Å². The predicted molar refractivity (Wildman–Crippen MR) is 78.0 cm³/mol. The summed E-state index contributed by atoms with van der Waals surface area (Å²) in [5, 5.41) is 4.40. The van der Waals surface area contributed by atoms with Gasteiger partial charge in [-0.3, -0.25) is 9.67 Å². The molecule has 2 heterocycles. The third-order valence-corrected chi connectivity index (χ3v) is 3.38. The number of pyridine rings is 1. The number of hydrogen-bond acceptors (Lipinski definition) is 2. The Labute approximate surface area is 112 Å². The molecule has 0 N–H and O–H groups in total. The van der Waals surface area contributed by atoms with Gasteiger partial charge in [0.05, 0.1) is 6.20 Å². The highest BCUT2D eigenvalue weighted by molar-refractivity contribution is 5.79. The SMILES string of the molecule is CC(C)c1ccc(-c2cnc3cn(C)nc3c2)cc1. The first-order valence-electron chi connectivity index (χ1n) is 6.53. The summed E-state index contributed by atoms with van der Waals surface area (Å²) in [6, 6.07) is 10.8. The van der Waals surface area contributed by atoms with Gasteiger partial charge >= 0.3 is 0 Å². The Morgan fingerprint density at radius 1 is 1.00 bits per heavy atom. The van der Waals surface area contributed by atoms with E-state index in [1.807, 2.05) is 19.4 Å². The third kappa shape index (κ3) is 2.24. The van der Waals surface area contributed by atoms with Gasteiger partial charge < -0.3 is 0 Å². The molecular weight excluding hydrogens is 234 g/mol. The fourth-order valence-corrected chi connectivity index (χ4v) is 2.24. The molecule has 0 aliphatic carbocycles. The molecule has 0 bridgehead atoms. The lowest BCUT2D eigenvalue weighted by atomic mass is 9.99. The van der Waals surface area contributed by atoms with Crippen molar-refractivity contribution < 1.29 is 0 Å². The predicted octanol–water partition coefficient (Wildman–Crippen LogP) is 3.76. The minimum atomic E-state index is 0.561. The first-order valence-corrected chi connectivity index (χ1v) is 6.53. The number of aryl methyl sites for hydroxylation is 1. The molecule has 0 saturated heterocycles. The second-order valence-electron chi connectivity index (χ2n) is 5.21. The molecule has 0 aliphatic rings. The lowest BCUT2D eigenvalue weighted by Crippen LogP contribution is -1.87. The van der Waals surface area contributed by atoms with Gasteiger partial charge in [0.1, 0.15) is 11.0 Å². The summed E-state index contributed by atoms with van der Waals surface area (Å²) >= 11 is 0. The molecule has 0 saturated carbocycles. The minimum Gasteiger partial charge on any atom is -0.273 e. The largest absolute Gasteiger partial charge is 0.273 e. The zero-order chi connectivity index (χ0) is 13.4. The molecule has 0 unspecified atom stereocenters. The maximum atomic E-state index is 4.45. The van der Waals surface area contributed by atoms with Crippen molar-refractivity contribution >= 4 is 11.0 Å². The van der Waals surface area contributed by atoms with Crippen molar-refractivity contribution in [2.45, 2.75) is 19.8 Å². The van der Waals surface area contributed by atoms with E-state index in [1.54, 1.807) is 4.68 Å². The summed E-state index contributed by atoms with van der Waals surface area (Å²) in [4.78, 5) is 4.45. The van der Waals surface area contributed by atoms with Crippen LogP contribution in [0, 0.1) is 0 Å². The average Bonchev–Trinajstić information content (AvgIpc) is 2.77. The lowest BCUT2D eigenvalue weighted by molar-refractivity contribution is 0.779. The summed E-state index contributed by atoms with van der Waals surface area (Å²) < 4.78 is 1.79. The zero-order valence-corrected chi connectivity index (χ0v) is 11.5. The monoisotopic (exact) mass is 251 g/mol. The summed E-state index contributed by atoms with van der Waals surface area (Å²) in [6.07, 6.45) is 3.84. The summed E-state index contributed by atoms with van der Waals surface area (Å²) in [7, 11) is 1.92. The van der Waals surface area contributed by atoms with Crippen molar-refractivity contribution in [3.05, 3.63) is 48.3 Å². The molecule has 3 aromatic rings. The Bertz CT molecular complexity index is 708. The number of fused-ring (bicyclic) bond motifs is 1. The Kier molecular flexibility index (Phi) is 2.82. The van der Waals surface area contributed by atoms with Crippen LogP contribution in [0.3, 0.4) is 0 Å². The van der Waals surface area contributed by atoms with Crippen LogP contribution < -0.4 is 0 Å². The van der Waals surface area contributed by atoms with Gasteiger partial charge in [0.2, 0.25) is 0 Å². The molecule has 0 aliphatic heterocycles. The van der Waals surface area contributed by atoms with Crippen molar-refractivity contribution in [1.29, 1.82) is 0 Å². The number of nitrogens with zero attached hydrogens (tertiary/aromatic N) is 3. The Balaban J connectivity index is 2.03. The molecule has 0 amide bonds. The fraction of sp³-hybridized carbons (Fsp3) is 0.250. The molecule has 96 valence electrons. The van der Waals surface area contributed by atoms with Crippen molar-refractivity contribution in [3.8, 4) is 11.1 Å². The molecule has 0 fully saturated rings. The highest BCUT2D eigenvalue weighted by Crippen LogP contribution is 2.24. The number of rotatable bonds is 2. The van der Waals surface area contributed by atoms with Gasteiger partial charge in [-0.15, -0.1) is 0 Å². The van der Waals surface area contributed by atoms with E-state index in [0.717, 1.165) is 16.6 Å². The van der Waals surface area contributed by atoms with Gasteiger partial charge in [0.25, 0.3) is 0 Å². The molecule has 3 rings (SSSR count). The Hall–Kier alpha value is -2.16. The molecule has 3 nitrogen and oxygen atoms in total. The fourth-order valence-electron chi connectivity index (χ4n) is 2.24. The summed E-state index contributed by atoms with van der Waals surface area (Å²) in [5.41, 5.74) is 5.53. The van der Waals surface area contributed by atoms with Crippen molar-refractivity contribution in [2.75, 3.05) is 0 Å². The van der Waals surface area contributed by atoms with Gasteiger partial charge in [-0.05, 0) is 23.1 Å². The van der Waals surface area contributed by atoms with Crippen LogP contribution in [0.2, 0.25) is 0 Å². The smallest absolute Gasteiger partial charge is 0.111 e. The van der Waals surface area contributed by atoms with Crippen molar-refractivity contribution in [1.82, 2.24) is 14.8 Å².